The van der Waals surface area contributed by atoms with Crippen LogP contribution in [-0.2, 0) is 13.0 Å². The smallest absolute Gasteiger partial charge is 0.189 e. The van der Waals surface area contributed by atoms with Gasteiger partial charge in [-0.05, 0) is 26.1 Å². The molecule has 0 atom stereocenters. The molecule has 17 heavy (non-hydrogen) atoms. The van der Waals surface area contributed by atoms with Crippen LogP contribution in [0.2, 0.25) is 0 Å². The third-order valence-electron chi connectivity index (χ3n) is 2.96. The summed E-state index contributed by atoms with van der Waals surface area (Å²) in [6.45, 7) is 5.18. The van der Waals surface area contributed by atoms with Gasteiger partial charge in [-0.15, -0.1) is 0 Å². The summed E-state index contributed by atoms with van der Waals surface area (Å²) in [6.07, 6.45) is 4.19. The predicted octanol–water partition coefficient (Wildman–Crippen LogP) is 2.01. The van der Waals surface area contributed by atoms with Crippen molar-refractivity contribution in [3.05, 3.63) is 11.3 Å². The number of fused-ring (bicyclic) bond motifs is 1. The van der Waals surface area contributed by atoms with E-state index in [1.54, 1.807) is 11.8 Å². The summed E-state index contributed by atoms with van der Waals surface area (Å²) < 4.78 is 0. The summed E-state index contributed by atoms with van der Waals surface area (Å²) in [5.74, 6) is 1.05. The highest BCUT2D eigenvalue weighted by Crippen LogP contribution is 2.25. The van der Waals surface area contributed by atoms with Gasteiger partial charge < -0.3 is 10.2 Å². The Morgan fingerprint density at radius 1 is 1.41 bits per heavy atom. The molecule has 0 saturated heterocycles. The molecule has 0 amide bonds. The van der Waals surface area contributed by atoms with Gasteiger partial charge in [-0.1, -0.05) is 18.7 Å². The Kier molecular flexibility index (Phi) is 4.23. The molecule has 0 aliphatic carbocycles. The van der Waals surface area contributed by atoms with Gasteiger partial charge >= 0.3 is 0 Å². The van der Waals surface area contributed by atoms with Crippen molar-refractivity contribution in [1.82, 2.24) is 14.9 Å². The molecule has 1 aromatic heterocycles. The summed E-state index contributed by atoms with van der Waals surface area (Å²) in [5.41, 5.74) is 2.51. The maximum absolute atomic E-state index is 4.62. The monoisotopic (exact) mass is 252 g/mol. The van der Waals surface area contributed by atoms with E-state index in [1.807, 2.05) is 6.26 Å². The maximum Gasteiger partial charge on any atom is 0.189 e. The molecule has 0 spiro atoms. The van der Waals surface area contributed by atoms with Gasteiger partial charge in [0.2, 0.25) is 0 Å². The number of aromatic nitrogens is 2. The summed E-state index contributed by atoms with van der Waals surface area (Å²) in [5, 5.41) is 4.30. The molecule has 0 bridgehead atoms. The molecule has 2 rings (SSSR count). The fraction of sp³-hybridized carbons (Fsp3) is 0.667. The van der Waals surface area contributed by atoms with Crippen LogP contribution in [0, 0.1) is 0 Å². The van der Waals surface area contributed by atoms with Crippen LogP contribution >= 0.6 is 11.8 Å². The van der Waals surface area contributed by atoms with Gasteiger partial charge in [0.25, 0.3) is 0 Å². The average Bonchev–Trinajstić information content (AvgIpc) is 2.34. The maximum atomic E-state index is 4.62. The number of anilines is 1. The summed E-state index contributed by atoms with van der Waals surface area (Å²) in [7, 11) is 2.14. The Bertz CT molecular complexity index is 394. The second-order valence-corrected chi connectivity index (χ2v) is 5.17. The van der Waals surface area contributed by atoms with E-state index in [0.29, 0.717) is 0 Å². The molecule has 4 nitrogen and oxygen atoms in total. The molecular weight excluding hydrogens is 232 g/mol. The normalized spacial score (nSPS) is 15.7. The lowest BCUT2D eigenvalue weighted by atomic mass is 10.1. The number of nitrogens with zero attached hydrogens (tertiary/aromatic N) is 3. The van der Waals surface area contributed by atoms with Crippen LogP contribution in [0.3, 0.4) is 0 Å². The number of nitrogens with one attached hydrogen (secondary N) is 1. The average molecular weight is 252 g/mol. The molecule has 0 radical (unpaired) electrons. The van der Waals surface area contributed by atoms with Crippen molar-refractivity contribution in [2.24, 2.45) is 0 Å². The highest BCUT2D eigenvalue weighted by Gasteiger charge is 2.19. The van der Waals surface area contributed by atoms with Crippen LogP contribution in [0.15, 0.2) is 5.16 Å². The minimum Gasteiger partial charge on any atom is -0.370 e. The Morgan fingerprint density at radius 2 is 2.24 bits per heavy atom. The van der Waals surface area contributed by atoms with E-state index >= 15 is 0 Å². The molecule has 1 aromatic rings. The number of hydrogen-bond donors (Lipinski definition) is 1. The quantitative estimate of drug-likeness (QED) is 0.656. The second-order valence-electron chi connectivity index (χ2n) is 4.40. The molecule has 0 aromatic carbocycles. The first-order chi connectivity index (χ1) is 8.24. The third kappa shape index (κ3) is 2.90. The van der Waals surface area contributed by atoms with E-state index in [9.17, 15) is 0 Å². The van der Waals surface area contributed by atoms with Gasteiger partial charge in [0.15, 0.2) is 5.16 Å². The number of rotatable bonds is 4. The second kappa shape index (κ2) is 5.69. The van der Waals surface area contributed by atoms with Crippen molar-refractivity contribution in [2.75, 3.05) is 31.7 Å². The third-order valence-corrected chi connectivity index (χ3v) is 3.51. The number of likely N-dealkylation sites (N-methyl/N-ethyl adjacent to an activating group) is 1. The molecule has 0 unspecified atom stereocenters. The highest BCUT2D eigenvalue weighted by molar-refractivity contribution is 7.98. The van der Waals surface area contributed by atoms with Gasteiger partial charge in [0.1, 0.15) is 5.82 Å². The van der Waals surface area contributed by atoms with Crippen LogP contribution in [0.4, 0.5) is 5.82 Å². The van der Waals surface area contributed by atoms with Gasteiger partial charge in [-0.3, -0.25) is 0 Å². The van der Waals surface area contributed by atoms with Crippen LogP contribution in [0.1, 0.15) is 24.6 Å². The van der Waals surface area contributed by atoms with Crippen LogP contribution < -0.4 is 5.32 Å². The molecular formula is C12H20N4S. The zero-order chi connectivity index (χ0) is 12.3. The highest BCUT2D eigenvalue weighted by atomic mass is 32.2. The zero-order valence-corrected chi connectivity index (χ0v) is 11.6. The molecule has 94 valence electrons. The van der Waals surface area contributed by atoms with Gasteiger partial charge in [0.05, 0.1) is 5.69 Å². The Labute approximate surface area is 107 Å². The molecule has 2 heterocycles. The van der Waals surface area contributed by atoms with Crippen molar-refractivity contribution in [2.45, 2.75) is 31.5 Å². The van der Waals surface area contributed by atoms with E-state index in [4.69, 9.17) is 0 Å². The van der Waals surface area contributed by atoms with Crippen LogP contribution in [0.25, 0.3) is 0 Å². The topological polar surface area (TPSA) is 41.1 Å². The largest absolute Gasteiger partial charge is 0.370 e. The summed E-state index contributed by atoms with van der Waals surface area (Å²) in [4.78, 5) is 11.5. The fourth-order valence-corrected chi connectivity index (χ4v) is 2.40. The summed E-state index contributed by atoms with van der Waals surface area (Å²) >= 11 is 1.61. The van der Waals surface area contributed by atoms with E-state index in [1.165, 1.54) is 11.3 Å². The fourth-order valence-electron chi connectivity index (χ4n) is 2.02. The first kappa shape index (κ1) is 12.6. The van der Waals surface area contributed by atoms with Crippen molar-refractivity contribution < 1.29 is 0 Å². The van der Waals surface area contributed by atoms with Crippen molar-refractivity contribution in [3.63, 3.8) is 0 Å². The standard InChI is InChI=1S/C12H20N4S/c1-4-6-13-11-9-5-7-16(2)8-10(9)14-12(15-11)17-3/h4-8H2,1-3H3,(H,13,14,15). The van der Waals surface area contributed by atoms with E-state index in [2.05, 4.69) is 34.2 Å². The lowest BCUT2D eigenvalue weighted by Crippen LogP contribution is -2.29. The SMILES string of the molecule is CCCNc1nc(SC)nc2c1CCN(C)C2. The van der Waals surface area contributed by atoms with E-state index in [-0.39, 0.29) is 0 Å². The van der Waals surface area contributed by atoms with Gasteiger partial charge in [-0.25, -0.2) is 9.97 Å². The number of hydrogen-bond acceptors (Lipinski definition) is 5. The molecule has 0 fully saturated rings. The van der Waals surface area contributed by atoms with Crippen molar-refractivity contribution in [3.8, 4) is 0 Å². The van der Waals surface area contributed by atoms with E-state index < -0.39 is 0 Å². The van der Waals surface area contributed by atoms with Gasteiger partial charge in [-0.2, -0.15) is 0 Å². The Balaban J connectivity index is 2.32. The van der Waals surface area contributed by atoms with Crippen LogP contribution in [-0.4, -0.2) is 41.3 Å². The molecule has 1 N–H and O–H groups in total. The molecule has 1 aliphatic heterocycles. The van der Waals surface area contributed by atoms with Gasteiger partial charge in [0, 0.05) is 25.2 Å². The Hall–Kier alpha value is -0.810. The summed E-state index contributed by atoms with van der Waals surface area (Å²) in [6, 6.07) is 0. The zero-order valence-electron chi connectivity index (χ0n) is 10.8. The molecule has 0 saturated carbocycles. The van der Waals surface area contributed by atoms with Crippen molar-refractivity contribution >= 4 is 17.6 Å². The molecule has 1 aliphatic rings. The molecule has 5 heteroatoms. The Morgan fingerprint density at radius 3 is 2.94 bits per heavy atom. The predicted molar refractivity (Wildman–Crippen MR) is 72.6 cm³/mol. The lowest BCUT2D eigenvalue weighted by Gasteiger charge is -2.26. The lowest BCUT2D eigenvalue weighted by molar-refractivity contribution is 0.306. The minimum absolute atomic E-state index is 0.873. The van der Waals surface area contributed by atoms with Crippen LogP contribution in [0.5, 0.6) is 0 Å². The first-order valence-electron chi connectivity index (χ1n) is 6.10. The minimum atomic E-state index is 0.873. The van der Waals surface area contributed by atoms with E-state index in [0.717, 1.165) is 43.5 Å². The van der Waals surface area contributed by atoms with Crippen molar-refractivity contribution in [1.29, 1.82) is 0 Å². The number of thioether (sulfide) groups is 1. The first-order valence-corrected chi connectivity index (χ1v) is 7.33.